The molecule has 0 saturated carbocycles. The van der Waals surface area contributed by atoms with Gasteiger partial charge in [-0.2, -0.15) is 0 Å². The molecule has 24 heavy (non-hydrogen) atoms. The van der Waals surface area contributed by atoms with Gasteiger partial charge in [0.25, 0.3) is 5.69 Å². The lowest BCUT2D eigenvalue weighted by atomic mass is 10.1. The molecule has 0 aliphatic rings. The minimum absolute atomic E-state index is 0.0918. The molecule has 3 rings (SSSR count). The number of esters is 1. The molecule has 0 aliphatic carbocycles. The summed E-state index contributed by atoms with van der Waals surface area (Å²) in [6, 6.07) is 7.30. The molecule has 2 heterocycles. The zero-order valence-electron chi connectivity index (χ0n) is 12.6. The van der Waals surface area contributed by atoms with Crippen molar-refractivity contribution >= 4 is 22.6 Å². The van der Waals surface area contributed by atoms with Crippen LogP contribution in [0.1, 0.15) is 17.3 Å². The van der Waals surface area contributed by atoms with Crippen LogP contribution in [-0.4, -0.2) is 32.6 Å². The average Bonchev–Trinajstić information content (AvgIpc) is 2.90. The summed E-state index contributed by atoms with van der Waals surface area (Å²) in [4.78, 5) is 29.0. The van der Waals surface area contributed by atoms with E-state index in [0.29, 0.717) is 22.2 Å². The number of non-ortho nitro benzene ring substituents is 1. The number of carbonyl (C=O) groups is 1. The normalized spacial score (nSPS) is 10.7. The SMILES string of the molecule is CCOC(=O)c1ccc(-c2c(O)[nH]c3ccc([N+](=O)[O-])cc23)nc1. The van der Waals surface area contributed by atoms with Crippen molar-refractivity contribution in [1.29, 1.82) is 0 Å². The maximum absolute atomic E-state index is 11.6. The van der Waals surface area contributed by atoms with Crippen LogP contribution in [0.3, 0.4) is 0 Å². The fourth-order valence-electron chi connectivity index (χ4n) is 2.42. The third kappa shape index (κ3) is 2.65. The fraction of sp³-hybridized carbons (Fsp3) is 0.125. The Balaban J connectivity index is 2.08. The number of nitro groups is 1. The van der Waals surface area contributed by atoms with Crippen LogP contribution in [0.15, 0.2) is 36.5 Å². The second kappa shape index (κ2) is 5.99. The number of aromatic hydroxyl groups is 1. The van der Waals surface area contributed by atoms with E-state index in [2.05, 4.69) is 9.97 Å². The fourth-order valence-corrected chi connectivity index (χ4v) is 2.42. The average molecular weight is 327 g/mol. The number of hydrogen-bond acceptors (Lipinski definition) is 6. The van der Waals surface area contributed by atoms with Gasteiger partial charge in [-0.25, -0.2) is 4.79 Å². The molecule has 1 aromatic carbocycles. The Kier molecular flexibility index (Phi) is 3.87. The van der Waals surface area contributed by atoms with Crippen molar-refractivity contribution in [2.75, 3.05) is 6.61 Å². The first-order valence-corrected chi connectivity index (χ1v) is 7.14. The number of aromatic amines is 1. The summed E-state index contributed by atoms with van der Waals surface area (Å²) in [5.41, 5.74) is 1.46. The van der Waals surface area contributed by atoms with Gasteiger partial charge in [0.2, 0.25) is 0 Å². The highest BCUT2D eigenvalue weighted by Crippen LogP contribution is 2.37. The highest BCUT2D eigenvalue weighted by atomic mass is 16.6. The first kappa shape index (κ1) is 15.5. The Labute approximate surface area is 135 Å². The molecule has 122 valence electrons. The Hall–Kier alpha value is -3.42. The summed E-state index contributed by atoms with van der Waals surface area (Å²) in [5, 5.41) is 21.5. The quantitative estimate of drug-likeness (QED) is 0.432. The van der Waals surface area contributed by atoms with Crippen LogP contribution in [0.5, 0.6) is 5.88 Å². The number of ether oxygens (including phenoxy) is 1. The molecule has 0 spiro atoms. The maximum atomic E-state index is 11.6. The molecular formula is C16H13N3O5. The minimum Gasteiger partial charge on any atom is -0.494 e. The lowest BCUT2D eigenvalue weighted by Crippen LogP contribution is -2.04. The van der Waals surface area contributed by atoms with Crippen molar-refractivity contribution in [3.63, 3.8) is 0 Å². The van der Waals surface area contributed by atoms with Crippen molar-refractivity contribution in [2.24, 2.45) is 0 Å². The third-order valence-electron chi connectivity index (χ3n) is 3.50. The molecule has 8 nitrogen and oxygen atoms in total. The predicted molar refractivity (Wildman–Crippen MR) is 85.8 cm³/mol. The van der Waals surface area contributed by atoms with E-state index in [-0.39, 0.29) is 23.7 Å². The van der Waals surface area contributed by atoms with Gasteiger partial charge in [-0.05, 0) is 25.1 Å². The summed E-state index contributed by atoms with van der Waals surface area (Å²) in [5.74, 6) is -0.641. The van der Waals surface area contributed by atoms with Crippen molar-refractivity contribution in [1.82, 2.24) is 9.97 Å². The highest BCUT2D eigenvalue weighted by Gasteiger charge is 2.18. The molecule has 8 heteroatoms. The van der Waals surface area contributed by atoms with Crippen LogP contribution in [0.4, 0.5) is 5.69 Å². The Morgan fingerprint density at radius 1 is 1.38 bits per heavy atom. The van der Waals surface area contributed by atoms with Crippen LogP contribution >= 0.6 is 0 Å². The number of nitrogens with zero attached hydrogens (tertiary/aromatic N) is 2. The van der Waals surface area contributed by atoms with E-state index >= 15 is 0 Å². The first-order chi connectivity index (χ1) is 11.5. The predicted octanol–water partition coefficient (Wildman–Crippen LogP) is 3.02. The maximum Gasteiger partial charge on any atom is 0.339 e. The topological polar surface area (TPSA) is 118 Å². The summed E-state index contributed by atoms with van der Waals surface area (Å²) in [7, 11) is 0. The van der Waals surface area contributed by atoms with Crippen LogP contribution in [0.2, 0.25) is 0 Å². The number of H-pyrrole nitrogens is 1. The molecule has 0 aliphatic heterocycles. The smallest absolute Gasteiger partial charge is 0.339 e. The van der Waals surface area contributed by atoms with Crippen LogP contribution in [0.25, 0.3) is 22.2 Å². The van der Waals surface area contributed by atoms with E-state index in [4.69, 9.17) is 4.74 Å². The zero-order valence-corrected chi connectivity index (χ0v) is 12.6. The largest absolute Gasteiger partial charge is 0.494 e. The standard InChI is InChI=1S/C16H13N3O5/c1-2-24-16(21)9-3-5-13(17-8-9)14-11-7-10(19(22)23)4-6-12(11)18-15(14)20/h3-8,18,20H,2H2,1H3. The third-order valence-corrected chi connectivity index (χ3v) is 3.50. The van der Waals surface area contributed by atoms with E-state index in [0.717, 1.165) is 0 Å². The summed E-state index contributed by atoms with van der Waals surface area (Å²) >= 11 is 0. The molecular weight excluding hydrogens is 314 g/mol. The second-order valence-electron chi connectivity index (χ2n) is 4.99. The molecule has 2 N–H and O–H groups in total. The number of hydrogen-bond donors (Lipinski definition) is 2. The Morgan fingerprint density at radius 2 is 2.17 bits per heavy atom. The first-order valence-electron chi connectivity index (χ1n) is 7.14. The molecule has 0 unspecified atom stereocenters. The van der Waals surface area contributed by atoms with Gasteiger partial charge in [-0.1, -0.05) is 0 Å². The van der Waals surface area contributed by atoms with E-state index in [1.807, 2.05) is 0 Å². The van der Waals surface area contributed by atoms with Gasteiger partial charge in [0, 0.05) is 29.2 Å². The minimum atomic E-state index is -0.509. The molecule has 0 atom stereocenters. The van der Waals surface area contributed by atoms with E-state index in [1.54, 1.807) is 13.0 Å². The summed E-state index contributed by atoms with van der Waals surface area (Å²) in [6.45, 7) is 1.96. The lowest BCUT2D eigenvalue weighted by Gasteiger charge is -2.03. The van der Waals surface area contributed by atoms with E-state index in [1.165, 1.54) is 30.5 Å². The van der Waals surface area contributed by atoms with Crippen LogP contribution < -0.4 is 0 Å². The van der Waals surface area contributed by atoms with Crippen molar-refractivity contribution in [2.45, 2.75) is 6.92 Å². The second-order valence-corrected chi connectivity index (χ2v) is 4.99. The number of nitrogens with one attached hydrogen (secondary N) is 1. The van der Waals surface area contributed by atoms with Gasteiger partial charge in [-0.15, -0.1) is 0 Å². The van der Waals surface area contributed by atoms with Crippen LogP contribution in [0, 0.1) is 10.1 Å². The molecule has 0 saturated heterocycles. The van der Waals surface area contributed by atoms with Gasteiger partial charge < -0.3 is 14.8 Å². The van der Waals surface area contributed by atoms with Gasteiger partial charge in [0.05, 0.1) is 28.4 Å². The van der Waals surface area contributed by atoms with Gasteiger partial charge in [0.15, 0.2) is 5.88 Å². The van der Waals surface area contributed by atoms with Crippen molar-refractivity contribution in [3.8, 4) is 17.1 Å². The van der Waals surface area contributed by atoms with Gasteiger partial charge >= 0.3 is 5.97 Å². The number of carbonyl (C=O) groups excluding carboxylic acids is 1. The number of benzene rings is 1. The molecule has 3 aromatic rings. The van der Waals surface area contributed by atoms with Gasteiger partial charge in [0.1, 0.15) is 0 Å². The van der Waals surface area contributed by atoms with E-state index in [9.17, 15) is 20.0 Å². The zero-order chi connectivity index (χ0) is 17.3. The number of aromatic nitrogens is 2. The molecule has 0 bridgehead atoms. The number of fused-ring (bicyclic) bond motifs is 1. The van der Waals surface area contributed by atoms with Crippen molar-refractivity contribution < 1.29 is 19.6 Å². The van der Waals surface area contributed by atoms with Crippen LogP contribution in [-0.2, 0) is 4.74 Å². The summed E-state index contributed by atoms with van der Waals surface area (Å²) < 4.78 is 4.89. The number of pyridine rings is 1. The lowest BCUT2D eigenvalue weighted by molar-refractivity contribution is -0.384. The number of rotatable bonds is 4. The highest BCUT2D eigenvalue weighted by molar-refractivity contribution is 5.99. The van der Waals surface area contributed by atoms with Gasteiger partial charge in [-0.3, -0.25) is 15.1 Å². The molecule has 2 aromatic heterocycles. The monoisotopic (exact) mass is 327 g/mol. The Bertz CT molecular complexity index is 931. The summed E-state index contributed by atoms with van der Waals surface area (Å²) in [6.07, 6.45) is 1.34. The van der Waals surface area contributed by atoms with Crippen molar-refractivity contribution in [3.05, 3.63) is 52.2 Å². The Morgan fingerprint density at radius 3 is 2.79 bits per heavy atom. The number of nitro benzene ring substituents is 1. The van der Waals surface area contributed by atoms with E-state index < -0.39 is 10.9 Å². The molecule has 0 amide bonds. The molecule has 0 radical (unpaired) electrons. The molecule has 0 fully saturated rings.